The van der Waals surface area contributed by atoms with E-state index in [4.69, 9.17) is 0 Å². The SMILES string of the molecule is CC1CCC(C(=O)N2CCC3(CC2)CCN(c2ncccn2)C3)CC1. The second-order valence-electron chi connectivity index (χ2n) is 8.50. The number of rotatable bonds is 2. The van der Waals surface area contributed by atoms with E-state index in [0.717, 1.165) is 63.7 Å². The minimum Gasteiger partial charge on any atom is -0.342 e. The average Bonchev–Trinajstić information content (AvgIpc) is 3.07. The lowest BCUT2D eigenvalue weighted by Crippen LogP contribution is -2.46. The van der Waals surface area contributed by atoms with Crippen molar-refractivity contribution in [3.05, 3.63) is 18.5 Å². The molecule has 2 aliphatic heterocycles. The van der Waals surface area contributed by atoms with Crippen LogP contribution in [0.3, 0.4) is 0 Å². The Bertz CT molecular complexity index is 589. The Morgan fingerprint density at radius 1 is 1.04 bits per heavy atom. The van der Waals surface area contributed by atoms with Gasteiger partial charge in [-0.3, -0.25) is 4.79 Å². The number of likely N-dealkylation sites (tertiary alicyclic amines) is 1. The summed E-state index contributed by atoms with van der Waals surface area (Å²) in [5, 5.41) is 0. The van der Waals surface area contributed by atoms with Crippen molar-refractivity contribution >= 4 is 11.9 Å². The number of aromatic nitrogens is 2. The summed E-state index contributed by atoms with van der Waals surface area (Å²) in [6, 6.07) is 1.87. The molecule has 5 nitrogen and oxygen atoms in total. The number of amides is 1. The third-order valence-electron chi connectivity index (χ3n) is 6.77. The van der Waals surface area contributed by atoms with Gasteiger partial charge in [-0.1, -0.05) is 6.92 Å². The van der Waals surface area contributed by atoms with E-state index in [-0.39, 0.29) is 0 Å². The Morgan fingerprint density at radius 2 is 1.68 bits per heavy atom. The van der Waals surface area contributed by atoms with E-state index in [0.29, 0.717) is 17.2 Å². The van der Waals surface area contributed by atoms with Crippen LogP contribution in [0, 0.1) is 17.3 Å². The molecule has 4 rings (SSSR count). The quantitative estimate of drug-likeness (QED) is 0.828. The molecule has 5 heteroatoms. The van der Waals surface area contributed by atoms with Gasteiger partial charge in [0.2, 0.25) is 11.9 Å². The summed E-state index contributed by atoms with van der Waals surface area (Å²) < 4.78 is 0. The van der Waals surface area contributed by atoms with E-state index in [1.54, 1.807) is 0 Å². The Kier molecular flexibility index (Phi) is 4.65. The molecule has 0 aromatic carbocycles. The second-order valence-corrected chi connectivity index (χ2v) is 8.50. The summed E-state index contributed by atoms with van der Waals surface area (Å²) in [4.78, 5) is 26.1. The molecule has 0 radical (unpaired) electrons. The van der Waals surface area contributed by atoms with Gasteiger partial charge in [-0.15, -0.1) is 0 Å². The van der Waals surface area contributed by atoms with Crippen LogP contribution in [0.2, 0.25) is 0 Å². The van der Waals surface area contributed by atoms with Crippen LogP contribution in [-0.2, 0) is 4.79 Å². The molecule has 25 heavy (non-hydrogen) atoms. The maximum absolute atomic E-state index is 12.8. The maximum atomic E-state index is 12.8. The number of nitrogens with zero attached hydrogens (tertiary/aromatic N) is 4. The lowest BCUT2D eigenvalue weighted by molar-refractivity contribution is -0.139. The molecular weight excluding hydrogens is 312 g/mol. The van der Waals surface area contributed by atoms with Crippen LogP contribution in [0.1, 0.15) is 51.9 Å². The van der Waals surface area contributed by atoms with E-state index in [2.05, 4.69) is 26.7 Å². The molecule has 2 saturated heterocycles. The van der Waals surface area contributed by atoms with Gasteiger partial charge in [0, 0.05) is 44.5 Å². The topological polar surface area (TPSA) is 49.3 Å². The van der Waals surface area contributed by atoms with Crippen molar-refractivity contribution in [2.24, 2.45) is 17.3 Å². The number of piperidine rings is 1. The molecule has 1 aliphatic carbocycles. The number of hydrogen-bond acceptors (Lipinski definition) is 4. The van der Waals surface area contributed by atoms with Gasteiger partial charge in [-0.05, 0) is 62.3 Å². The summed E-state index contributed by atoms with van der Waals surface area (Å²) in [6.45, 7) is 6.27. The first-order chi connectivity index (χ1) is 12.2. The van der Waals surface area contributed by atoms with Crippen molar-refractivity contribution in [2.75, 3.05) is 31.1 Å². The first-order valence-corrected chi connectivity index (χ1v) is 9.96. The van der Waals surface area contributed by atoms with Crippen molar-refractivity contribution in [3.63, 3.8) is 0 Å². The van der Waals surface area contributed by atoms with Crippen LogP contribution in [-0.4, -0.2) is 47.0 Å². The molecule has 1 saturated carbocycles. The molecule has 0 atom stereocenters. The molecular formula is C20H30N4O. The van der Waals surface area contributed by atoms with E-state index >= 15 is 0 Å². The normalized spacial score (nSPS) is 29.2. The molecule has 3 heterocycles. The number of hydrogen-bond donors (Lipinski definition) is 0. The van der Waals surface area contributed by atoms with Gasteiger partial charge >= 0.3 is 0 Å². The first kappa shape index (κ1) is 16.8. The van der Waals surface area contributed by atoms with Crippen molar-refractivity contribution in [3.8, 4) is 0 Å². The van der Waals surface area contributed by atoms with Crippen LogP contribution >= 0.6 is 0 Å². The fourth-order valence-corrected chi connectivity index (χ4v) is 4.94. The highest BCUT2D eigenvalue weighted by atomic mass is 16.2. The highest BCUT2D eigenvalue weighted by molar-refractivity contribution is 5.79. The minimum absolute atomic E-state index is 0.294. The predicted octanol–water partition coefficient (Wildman–Crippen LogP) is 3.12. The second kappa shape index (κ2) is 6.93. The molecule has 1 amide bonds. The van der Waals surface area contributed by atoms with Crippen LogP contribution in [0.15, 0.2) is 18.5 Å². The molecule has 3 fully saturated rings. The third-order valence-corrected chi connectivity index (χ3v) is 6.77. The molecule has 0 bridgehead atoms. The molecule has 3 aliphatic rings. The van der Waals surface area contributed by atoms with Crippen molar-refractivity contribution in [2.45, 2.75) is 51.9 Å². The van der Waals surface area contributed by atoms with Crippen molar-refractivity contribution in [1.29, 1.82) is 0 Å². The molecule has 1 spiro atoms. The summed E-state index contributed by atoms with van der Waals surface area (Å²) in [7, 11) is 0. The largest absolute Gasteiger partial charge is 0.342 e. The number of anilines is 1. The van der Waals surface area contributed by atoms with Gasteiger partial charge < -0.3 is 9.80 Å². The fourth-order valence-electron chi connectivity index (χ4n) is 4.94. The van der Waals surface area contributed by atoms with E-state index < -0.39 is 0 Å². The molecule has 1 aromatic heterocycles. The zero-order valence-corrected chi connectivity index (χ0v) is 15.4. The van der Waals surface area contributed by atoms with Gasteiger partial charge in [-0.2, -0.15) is 0 Å². The molecule has 136 valence electrons. The lowest BCUT2D eigenvalue weighted by Gasteiger charge is -2.41. The highest BCUT2D eigenvalue weighted by Gasteiger charge is 2.42. The van der Waals surface area contributed by atoms with Crippen LogP contribution < -0.4 is 4.90 Å². The van der Waals surface area contributed by atoms with E-state index in [1.807, 2.05) is 18.5 Å². The zero-order valence-electron chi connectivity index (χ0n) is 15.4. The van der Waals surface area contributed by atoms with Gasteiger partial charge in [-0.25, -0.2) is 9.97 Å². The van der Waals surface area contributed by atoms with Crippen LogP contribution in [0.4, 0.5) is 5.95 Å². The summed E-state index contributed by atoms with van der Waals surface area (Å²) in [5.74, 6) is 2.39. The Morgan fingerprint density at radius 3 is 2.36 bits per heavy atom. The van der Waals surface area contributed by atoms with E-state index in [9.17, 15) is 4.79 Å². The lowest BCUT2D eigenvalue weighted by atomic mass is 9.77. The Labute approximate surface area is 150 Å². The minimum atomic E-state index is 0.294. The first-order valence-electron chi connectivity index (χ1n) is 9.96. The van der Waals surface area contributed by atoms with Crippen LogP contribution in [0.25, 0.3) is 0 Å². The average molecular weight is 342 g/mol. The van der Waals surface area contributed by atoms with Gasteiger partial charge in [0.1, 0.15) is 0 Å². The van der Waals surface area contributed by atoms with Crippen molar-refractivity contribution < 1.29 is 4.79 Å². The third kappa shape index (κ3) is 3.51. The van der Waals surface area contributed by atoms with Gasteiger partial charge in [0.25, 0.3) is 0 Å². The van der Waals surface area contributed by atoms with E-state index in [1.165, 1.54) is 19.3 Å². The van der Waals surface area contributed by atoms with Crippen LogP contribution in [0.5, 0.6) is 0 Å². The summed E-state index contributed by atoms with van der Waals surface area (Å²) in [6.07, 6.45) is 11.7. The maximum Gasteiger partial charge on any atom is 0.225 e. The van der Waals surface area contributed by atoms with Gasteiger partial charge in [0.15, 0.2) is 0 Å². The van der Waals surface area contributed by atoms with Gasteiger partial charge in [0.05, 0.1) is 0 Å². The highest BCUT2D eigenvalue weighted by Crippen LogP contribution is 2.42. The smallest absolute Gasteiger partial charge is 0.225 e. The molecule has 1 aromatic rings. The monoisotopic (exact) mass is 342 g/mol. The fraction of sp³-hybridized carbons (Fsp3) is 0.750. The Balaban J connectivity index is 1.32. The molecule has 0 unspecified atom stereocenters. The number of carbonyl (C=O) groups excluding carboxylic acids is 1. The summed E-state index contributed by atoms with van der Waals surface area (Å²) in [5.41, 5.74) is 0.358. The van der Waals surface area contributed by atoms with Crippen molar-refractivity contribution in [1.82, 2.24) is 14.9 Å². The summed E-state index contributed by atoms with van der Waals surface area (Å²) >= 11 is 0. The zero-order chi connectivity index (χ0) is 17.3. The molecule has 0 N–H and O–H groups in total. The number of carbonyl (C=O) groups is 1. The predicted molar refractivity (Wildman–Crippen MR) is 98.2 cm³/mol. The standard InChI is InChI=1S/C20H30N4O/c1-16-3-5-17(6-4-16)18(25)23-12-7-20(8-13-23)9-14-24(15-20)19-21-10-2-11-22-19/h2,10-11,16-17H,3-9,12-15H2,1H3. The Hall–Kier alpha value is -1.65.